The maximum atomic E-state index is 9.16. The lowest BCUT2D eigenvalue weighted by Gasteiger charge is -2.14. The number of aromatic nitrogens is 1. The van der Waals surface area contributed by atoms with Crippen LogP contribution in [0.15, 0.2) is 47.0 Å². The average Bonchev–Trinajstić information content (AvgIpc) is 3.11. The molecular formula is C22H18N4S. The molecule has 0 fully saturated rings. The fourth-order valence-electron chi connectivity index (χ4n) is 3.57. The molecular weight excluding hydrogens is 352 g/mol. The molecule has 4 rings (SSSR count). The molecule has 1 aliphatic rings. The van der Waals surface area contributed by atoms with Gasteiger partial charge in [-0.1, -0.05) is 36.0 Å². The quantitative estimate of drug-likeness (QED) is 0.607. The summed E-state index contributed by atoms with van der Waals surface area (Å²) in [6.07, 6.45) is 0. The van der Waals surface area contributed by atoms with Gasteiger partial charge < -0.3 is 9.47 Å². The predicted octanol–water partition coefficient (Wildman–Crippen LogP) is 3.53. The van der Waals surface area contributed by atoms with Gasteiger partial charge in [-0.05, 0) is 26.0 Å². The third-order valence-electron chi connectivity index (χ3n) is 5.33. The van der Waals surface area contributed by atoms with Crippen LogP contribution in [0.4, 0.5) is 0 Å². The molecule has 0 atom stereocenters. The van der Waals surface area contributed by atoms with Gasteiger partial charge in [0, 0.05) is 56.9 Å². The van der Waals surface area contributed by atoms with Crippen LogP contribution in [-0.2, 0) is 7.05 Å². The van der Waals surface area contributed by atoms with Gasteiger partial charge in [0.2, 0.25) is 0 Å². The lowest BCUT2D eigenvalue weighted by atomic mass is 10.1. The molecule has 0 radical (unpaired) electrons. The minimum absolute atomic E-state index is 0.138. The largest absolute Gasteiger partial charge is 0.344 e. The van der Waals surface area contributed by atoms with Gasteiger partial charge in [-0.2, -0.15) is 10.5 Å². The number of thioether (sulfide) groups is 1. The zero-order chi connectivity index (χ0) is 19.3. The molecule has 1 aromatic heterocycles. The van der Waals surface area contributed by atoms with Gasteiger partial charge >= 0.3 is 0 Å². The number of nitrogens with zero attached hydrogens (tertiary/aromatic N) is 4. The fraction of sp³-hybridized carbons (Fsp3) is 0.182. The van der Waals surface area contributed by atoms with Gasteiger partial charge in [0.15, 0.2) is 0 Å². The summed E-state index contributed by atoms with van der Waals surface area (Å²) in [6.45, 7) is 4.30. The van der Waals surface area contributed by atoms with Crippen LogP contribution in [0.5, 0.6) is 0 Å². The van der Waals surface area contributed by atoms with Crippen LogP contribution >= 0.6 is 11.8 Å². The first-order valence-electron chi connectivity index (χ1n) is 8.62. The summed E-state index contributed by atoms with van der Waals surface area (Å²) in [6, 6.07) is 16.3. The van der Waals surface area contributed by atoms with Crippen molar-refractivity contribution in [3.05, 3.63) is 57.4 Å². The van der Waals surface area contributed by atoms with E-state index in [1.807, 2.05) is 37.4 Å². The van der Waals surface area contributed by atoms with Crippen molar-refractivity contribution in [1.29, 1.82) is 10.5 Å². The Kier molecular flexibility index (Phi) is 3.98. The normalized spacial score (nSPS) is 16.1. The lowest BCUT2D eigenvalue weighted by molar-refractivity contribution is 0.615. The van der Waals surface area contributed by atoms with Crippen molar-refractivity contribution in [3.63, 3.8) is 0 Å². The first-order chi connectivity index (χ1) is 13.0. The Labute approximate surface area is 161 Å². The fourth-order valence-corrected chi connectivity index (χ4v) is 4.67. The average molecular weight is 370 g/mol. The predicted molar refractivity (Wildman–Crippen MR) is 111 cm³/mol. The summed E-state index contributed by atoms with van der Waals surface area (Å²) >= 11 is 1.81. The Morgan fingerprint density at radius 1 is 0.926 bits per heavy atom. The van der Waals surface area contributed by atoms with E-state index in [0.29, 0.717) is 5.22 Å². The topological polar surface area (TPSA) is 55.8 Å². The number of nitriles is 2. The van der Waals surface area contributed by atoms with E-state index in [0.717, 1.165) is 16.4 Å². The van der Waals surface area contributed by atoms with Crippen LogP contribution in [0.2, 0.25) is 0 Å². The standard InChI is InChI=1S/C22H18N4S/c1-13-14(2)27-22(25(13)3)16-6-8-19-18-7-5-15(17(11-23)12-24)9-20(18)26(4)21(19)10-16/h5-10H,1-4H3/b22-16+. The lowest BCUT2D eigenvalue weighted by Crippen LogP contribution is -2.16. The molecule has 0 aliphatic carbocycles. The van der Waals surface area contributed by atoms with Crippen LogP contribution in [0.1, 0.15) is 13.8 Å². The molecule has 0 bridgehead atoms. The zero-order valence-electron chi connectivity index (χ0n) is 15.7. The highest BCUT2D eigenvalue weighted by Crippen LogP contribution is 2.39. The Hall–Kier alpha value is -3.15. The van der Waals surface area contributed by atoms with E-state index in [9.17, 15) is 0 Å². The second kappa shape index (κ2) is 6.23. The number of fused-ring (bicyclic) bond motifs is 3. The Morgan fingerprint density at radius 3 is 2.15 bits per heavy atom. The number of hydrogen-bond donors (Lipinski definition) is 0. The number of hydrogen-bond acceptors (Lipinski definition) is 4. The maximum absolute atomic E-state index is 9.16. The van der Waals surface area contributed by atoms with Crippen LogP contribution in [-0.4, -0.2) is 16.5 Å². The van der Waals surface area contributed by atoms with E-state index in [2.05, 4.69) is 48.6 Å². The molecule has 4 nitrogen and oxygen atoms in total. The molecule has 0 saturated heterocycles. The second-order valence-electron chi connectivity index (χ2n) is 6.73. The first kappa shape index (κ1) is 17.3. The van der Waals surface area contributed by atoms with E-state index in [1.165, 1.54) is 26.2 Å². The molecule has 27 heavy (non-hydrogen) atoms. The molecule has 0 unspecified atom stereocenters. The molecule has 2 heterocycles. The van der Waals surface area contributed by atoms with Crippen LogP contribution < -0.4 is 10.4 Å². The Bertz CT molecular complexity index is 1340. The third-order valence-corrected chi connectivity index (χ3v) is 6.64. The van der Waals surface area contributed by atoms with E-state index < -0.39 is 0 Å². The molecule has 132 valence electrons. The van der Waals surface area contributed by atoms with Crippen molar-refractivity contribution in [2.75, 3.05) is 7.05 Å². The highest BCUT2D eigenvalue weighted by Gasteiger charge is 2.20. The van der Waals surface area contributed by atoms with Crippen molar-refractivity contribution in [2.45, 2.75) is 13.8 Å². The summed E-state index contributed by atoms with van der Waals surface area (Å²) < 4.78 is 2.14. The van der Waals surface area contributed by atoms with Crippen molar-refractivity contribution in [1.82, 2.24) is 9.47 Å². The molecule has 0 N–H and O–H groups in total. The molecule has 3 aromatic rings. The van der Waals surface area contributed by atoms with Gasteiger partial charge in [-0.25, -0.2) is 0 Å². The van der Waals surface area contributed by atoms with Gasteiger partial charge in [-0.15, -0.1) is 0 Å². The van der Waals surface area contributed by atoms with Crippen LogP contribution in [0, 0.1) is 22.7 Å². The number of aryl methyl sites for hydroxylation is 1. The molecule has 0 spiro atoms. The number of rotatable bonds is 0. The molecule has 5 heteroatoms. The summed E-state index contributed by atoms with van der Waals surface area (Å²) in [5.41, 5.74) is 3.58. The number of benzene rings is 2. The first-order valence-corrected chi connectivity index (χ1v) is 9.44. The highest BCUT2D eigenvalue weighted by molar-refractivity contribution is 8.11. The van der Waals surface area contributed by atoms with E-state index in [1.54, 1.807) is 11.8 Å². The second-order valence-corrected chi connectivity index (χ2v) is 7.93. The maximum Gasteiger partial charge on any atom is 0.136 e. The van der Waals surface area contributed by atoms with Gasteiger partial charge in [0.05, 0.1) is 5.03 Å². The summed E-state index contributed by atoms with van der Waals surface area (Å²) in [5, 5.41) is 23.7. The Morgan fingerprint density at radius 2 is 1.56 bits per heavy atom. The van der Waals surface area contributed by atoms with Crippen molar-refractivity contribution in [3.8, 4) is 12.1 Å². The molecule has 2 aromatic carbocycles. The van der Waals surface area contributed by atoms with E-state index in [-0.39, 0.29) is 5.57 Å². The third kappa shape index (κ3) is 2.51. The summed E-state index contributed by atoms with van der Waals surface area (Å²) in [7, 11) is 4.13. The van der Waals surface area contributed by atoms with Crippen molar-refractivity contribution in [2.24, 2.45) is 7.05 Å². The van der Waals surface area contributed by atoms with Crippen LogP contribution in [0.25, 0.3) is 32.4 Å². The minimum Gasteiger partial charge on any atom is -0.344 e. The van der Waals surface area contributed by atoms with Gasteiger partial charge in [0.25, 0.3) is 0 Å². The Balaban J connectivity index is 2.04. The van der Waals surface area contributed by atoms with Gasteiger partial charge in [-0.3, -0.25) is 0 Å². The van der Waals surface area contributed by atoms with E-state index in [4.69, 9.17) is 10.5 Å². The van der Waals surface area contributed by atoms with Crippen LogP contribution in [0.3, 0.4) is 0 Å². The molecule has 0 saturated carbocycles. The molecule has 0 amide bonds. The monoisotopic (exact) mass is 370 g/mol. The minimum atomic E-state index is 0.138. The summed E-state index contributed by atoms with van der Waals surface area (Å²) in [5.74, 6) is 0. The van der Waals surface area contributed by atoms with Crippen molar-refractivity contribution >= 4 is 44.2 Å². The van der Waals surface area contributed by atoms with Crippen molar-refractivity contribution < 1.29 is 0 Å². The number of allylic oxidation sites excluding steroid dienone is 2. The smallest absolute Gasteiger partial charge is 0.136 e. The van der Waals surface area contributed by atoms with Gasteiger partial charge in [0.1, 0.15) is 17.7 Å². The zero-order valence-corrected chi connectivity index (χ0v) is 16.5. The SMILES string of the molecule is CC1=C(C)N(C)/C(=c2/ccc3c4ccc(=C(C#N)C#N)cc4n(C)c3c2)S1. The highest BCUT2D eigenvalue weighted by atomic mass is 32.2. The molecule has 1 aliphatic heterocycles. The summed E-state index contributed by atoms with van der Waals surface area (Å²) in [4.78, 5) is 3.56. The van der Waals surface area contributed by atoms with E-state index >= 15 is 0 Å².